The average Bonchev–Trinajstić information content (AvgIpc) is 2.59. The Kier molecular flexibility index (Phi) is 4.69. The molecule has 1 unspecified atom stereocenters. The zero-order valence-corrected chi connectivity index (χ0v) is 15.6. The molecular formula is C20H23NO3S. The van der Waals surface area contributed by atoms with Crippen molar-refractivity contribution in [2.75, 3.05) is 13.3 Å². The van der Waals surface area contributed by atoms with E-state index in [0.29, 0.717) is 5.56 Å². The lowest BCUT2D eigenvalue weighted by Gasteiger charge is -2.33. The number of carbonyl (C=O) groups excluding carboxylic acids is 1. The van der Waals surface area contributed by atoms with E-state index in [-0.39, 0.29) is 16.8 Å². The first-order valence-corrected chi connectivity index (χ1v) is 10.3. The Balaban J connectivity index is 1.97. The van der Waals surface area contributed by atoms with Crippen LogP contribution < -0.4 is 0 Å². The van der Waals surface area contributed by atoms with E-state index in [9.17, 15) is 13.2 Å². The number of amides is 1. The summed E-state index contributed by atoms with van der Waals surface area (Å²) in [5.74, 6) is -0.135. The molecule has 2 aromatic carbocycles. The number of sulfone groups is 1. The van der Waals surface area contributed by atoms with Crippen LogP contribution in [0.1, 0.15) is 45.9 Å². The van der Waals surface area contributed by atoms with Crippen LogP contribution >= 0.6 is 0 Å². The minimum atomic E-state index is -3.35. The second-order valence-corrected chi connectivity index (χ2v) is 8.79. The van der Waals surface area contributed by atoms with E-state index in [1.807, 2.05) is 26.1 Å². The summed E-state index contributed by atoms with van der Waals surface area (Å²) in [7, 11) is -1.54. The maximum absolute atomic E-state index is 13.1. The summed E-state index contributed by atoms with van der Waals surface area (Å²) in [6, 6.07) is 13.0. The zero-order chi connectivity index (χ0) is 18.2. The van der Waals surface area contributed by atoms with Crippen LogP contribution in [-0.2, 0) is 16.3 Å². The minimum absolute atomic E-state index is 0.0266. The standard InChI is InChI=1S/C20H23NO3S/c1-14-11-12-16(25(3,23)24)13-18(14)20(22)21(2)19-10-6-8-15-7-4-5-9-17(15)19/h4-5,7,9,11-13,19H,6,8,10H2,1-3H3. The summed E-state index contributed by atoms with van der Waals surface area (Å²) in [5.41, 5.74) is 3.73. The normalized spacial score (nSPS) is 17.0. The monoisotopic (exact) mass is 357 g/mol. The van der Waals surface area contributed by atoms with E-state index in [0.717, 1.165) is 31.1 Å². The van der Waals surface area contributed by atoms with Gasteiger partial charge in [-0.25, -0.2) is 8.42 Å². The Morgan fingerprint density at radius 2 is 1.88 bits per heavy atom. The Hall–Kier alpha value is -2.14. The van der Waals surface area contributed by atoms with Gasteiger partial charge in [-0.1, -0.05) is 30.3 Å². The Bertz CT molecular complexity index is 918. The quantitative estimate of drug-likeness (QED) is 0.844. The molecule has 3 rings (SSSR count). The Labute approximate surface area is 149 Å². The van der Waals surface area contributed by atoms with Crippen LogP contribution in [0.25, 0.3) is 0 Å². The summed E-state index contributed by atoms with van der Waals surface area (Å²) in [4.78, 5) is 15.0. The van der Waals surface area contributed by atoms with Gasteiger partial charge in [0, 0.05) is 18.9 Å². The molecule has 0 spiro atoms. The number of carbonyl (C=O) groups is 1. The van der Waals surface area contributed by atoms with Gasteiger partial charge in [0.05, 0.1) is 10.9 Å². The number of fused-ring (bicyclic) bond motifs is 1. The van der Waals surface area contributed by atoms with Crippen molar-refractivity contribution in [3.05, 3.63) is 64.7 Å². The molecule has 5 heteroatoms. The highest BCUT2D eigenvalue weighted by atomic mass is 32.2. The predicted molar refractivity (Wildman–Crippen MR) is 98.5 cm³/mol. The first-order valence-electron chi connectivity index (χ1n) is 8.44. The molecule has 132 valence electrons. The highest BCUT2D eigenvalue weighted by Gasteiger charge is 2.28. The lowest BCUT2D eigenvalue weighted by molar-refractivity contribution is 0.0714. The van der Waals surface area contributed by atoms with Gasteiger partial charge in [-0.05, 0) is 55.0 Å². The Morgan fingerprint density at radius 1 is 1.16 bits per heavy atom. The van der Waals surface area contributed by atoms with Gasteiger partial charge >= 0.3 is 0 Å². The summed E-state index contributed by atoms with van der Waals surface area (Å²) < 4.78 is 23.7. The van der Waals surface area contributed by atoms with Gasteiger partial charge in [0.1, 0.15) is 0 Å². The van der Waals surface area contributed by atoms with Gasteiger partial charge in [0.2, 0.25) is 0 Å². The molecule has 0 fully saturated rings. The van der Waals surface area contributed by atoms with Crippen molar-refractivity contribution in [1.82, 2.24) is 4.90 Å². The van der Waals surface area contributed by atoms with Gasteiger partial charge in [-0.15, -0.1) is 0 Å². The van der Waals surface area contributed by atoms with Crippen molar-refractivity contribution in [3.8, 4) is 0 Å². The molecule has 0 aliphatic heterocycles. The SMILES string of the molecule is Cc1ccc(S(C)(=O)=O)cc1C(=O)N(C)C1CCCc2ccccc21. The van der Waals surface area contributed by atoms with Gasteiger partial charge in [-0.2, -0.15) is 0 Å². The van der Waals surface area contributed by atoms with Crippen LogP contribution in [0.3, 0.4) is 0 Å². The van der Waals surface area contributed by atoms with Crippen molar-refractivity contribution in [1.29, 1.82) is 0 Å². The fraction of sp³-hybridized carbons (Fsp3) is 0.350. The van der Waals surface area contributed by atoms with Crippen molar-refractivity contribution in [3.63, 3.8) is 0 Å². The molecule has 0 saturated carbocycles. The van der Waals surface area contributed by atoms with E-state index >= 15 is 0 Å². The van der Waals surface area contributed by atoms with E-state index in [1.54, 1.807) is 17.0 Å². The van der Waals surface area contributed by atoms with E-state index in [2.05, 4.69) is 12.1 Å². The van der Waals surface area contributed by atoms with Crippen LogP contribution in [0.5, 0.6) is 0 Å². The average molecular weight is 357 g/mol. The van der Waals surface area contributed by atoms with E-state index < -0.39 is 9.84 Å². The van der Waals surface area contributed by atoms with Gasteiger partial charge in [0.25, 0.3) is 5.91 Å². The summed E-state index contributed by atoms with van der Waals surface area (Å²) >= 11 is 0. The molecule has 0 heterocycles. The largest absolute Gasteiger partial charge is 0.335 e. The molecule has 0 bridgehead atoms. The second-order valence-electron chi connectivity index (χ2n) is 6.77. The molecule has 1 aliphatic carbocycles. The third kappa shape index (κ3) is 3.47. The molecular weight excluding hydrogens is 334 g/mol. The summed E-state index contributed by atoms with van der Waals surface area (Å²) in [5, 5.41) is 0. The molecule has 0 aromatic heterocycles. The number of hydrogen-bond acceptors (Lipinski definition) is 3. The van der Waals surface area contributed by atoms with Crippen LogP contribution in [0.4, 0.5) is 0 Å². The smallest absolute Gasteiger partial charge is 0.254 e. The van der Waals surface area contributed by atoms with Crippen LogP contribution in [0, 0.1) is 6.92 Å². The molecule has 25 heavy (non-hydrogen) atoms. The highest BCUT2D eigenvalue weighted by Crippen LogP contribution is 2.34. The number of benzene rings is 2. The lowest BCUT2D eigenvalue weighted by Crippen LogP contribution is -2.33. The Morgan fingerprint density at radius 3 is 2.60 bits per heavy atom. The molecule has 4 nitrogen and oxygen atoms in total. The van der Waals surface area contributed by atoms with Crippen LogP contribution in [0.2, 0.25) is 0 Å². The number of rotatable bonds is 3. The molecule has 2 aromatic rings. The third-order valence-corrected chi connectivity index (χ3v) is 6.10. The molecule has 1 atom stereocenters. The summed E-state index contributed by atoms with van der Waals surface area (Å²) in [6.07, 6.45) is 4.16. The molecule has 1 amide bonds. The minimum Gasteiger partial charge on any atom is -0.335 e. The first-order chi connectivity index (χ1) is 11.8. The van der Waals surface area contributed by atoms with Crippen molar-refractivity contribution in [2.45, 2.75) is 37.1 Å². The maximum atomic E-state index is 13.1. The number of aryl methyl sites for hydroxylation is 2. The summed E-state index contributed by atoms with van der Waals surface area (Å²) in [6.45, 7) is 1.84. The highest BCUT2D eigenvalue weighted by molar-refractivity contribution is 7.90. The second kappa shape index (κ2) is 6.64. The zero-order valence-electron chi connectivity index (χ0n) is 14.8. The van der Waals surface area contributed by atoms with Crippen molar-refractivity contribution < 1.29 is 13.2 Å². The predicted octanol–water partition coefficient (Wildman–Crippen LogP) is 3.55. The van der Waals surface area contributed by atoms with Gasteiger partial charge in [-0.3, -0.25) is 4.79 Å². The van der Waals surface area contributed by atoms with E-state index in [1.165, 1.54) is 17.2 Å². The number of hydrogen-bond donors (Lipinski definition) is 0. The fourth-order valence-electron chi connectivity index (χ4n) is 3.52. The molecule has 0 saturated heterocycles. The van der Waals surface area contributed by atoms with Gasteiger partial charge < -0.3 is 4.90 Å². The lowest BCUT2D eigenvalue weighted by atomic mass is 9.86. The topological polar surface area (TPSA) is 54.5 Å². The fourth-order valence-corrected chi connectivity index (χ4v) is 4.17. The van der Waals surface area contributed by atoms with E-state index in [4.69, 9.17) is 0 Å². The third-order valence-electron chi connectivity index (χ3n) is 4.99. The molecule has 1 aliphatic rings. The van der Waals surface area contributed by atoms with Crippen LogP contribution in [0.15, 0.2) is 47.4 Å². The van der Waals surface area contributed by atoms with Gasteiger partial charge in [0.15, 0.2) is 9.84 Å². The first kappa shape index (κ1) is 17.7. The molecule has 0 N–H and O–H groups in total. The maximum Gasteiger partial charge on any atom is 0.254 e. The van der Waals surface area contributed by atoms with Crippen molar-refractivity contribution >= 4 is 15.7 Å². The molecule has 0 radical (unpaired) electrons. The number of nitrogens with zero attached hydrogens (tertiary/aromatic N) is 1. The van der Waals surface area contributed by atoms with Crippen LogP contribution in [-0.4, -0.2) is 32.5 Å². The van der Waals surface area contributed by atoms with Crippen molar-refractivity contribution in [2.24, 2.45) is 0 Å².